The van der Waals surface area contributed by atoms with Crippen molar-refractivity contribution in [3.8, 4) is 11.5 Å². The number of amides is 1. The average molecular weight is 295 g/mol. The molecular weight excluding hydrogens is 282 g/mol. The zero-order valence-corrected chi connectivity index (χ0v) is 10.9. The Morgan fingerprint density at radius 1 is 1.19 bits per heavy atom. The van der Waals surface area contributed by atoms with Crippen molar-refractivity contribution in [3.63, 3.8) is 0 Å². The standard InChI is InChI=1S/C13H13NO7/c15-11(16)4-2-8(13(18)19)14-12(17)7-1-3-9-10(5-7)21-6-20-9/h1,3,5,8H,2,4,6H2,(H,14,17)(H,15,16)(H,18,19)/t8-/m0/s1. The third-order valence-electron chi connectivity index (χ3n) is 2.89. The molecule has 21 heavy (non-hydrogen) atoms. The smallest absolute Gasteiger partial charge is 0.326 e. The number of fused-ring (bicyclic) bond motifs is 1. The first-order chi connectivity index (χ1) is 9.97. The Balaban J connectivity index is 2.04. The normalized spacial score (nSPS) is 13.5. The Bertz CT molecular complexity index is 584. The van der Waals surface area contributed by atoms with Gasteiger partial charge in [0.05, 0.1) is 0 Å². The summed E-state index contributed by atoms with van der Waals surface area (Å²) in [5.74, 6) is -2.12. The molecule has 0 spiro atoms. The van der Waals surface area contributed by atoms with Crippen LogP contribution in [0.4, 0.5) is 0 Å². The highest BCUT2D eigenvalue weighted by Crippen LogP contribution is 2.32. The number of carbonyl (C=O) groups is 3. The second-order valence-corrected chi connectivity index (χ2v) is 4.36. The second-order valence-electron chi connectivity index (χ2n) is 4.36. The first kappa shape index (κ1) is 14.6. The fraction of sp³-hybridized carbons (Fsp3) is 0.308. The van der Waals surface area contributed by atoms with Crippen LogP contribution in [0.15, 0.2) is 18.2 Å². The van der Waals surface area contributed by atoms with Gasteiger partial charge in [-0.3, -0.25) is 9.59 Å². The van der Waals surface area contributed by atoms with E-state index in [4.69, 9.17) is 19.7 Å². The van der Waals surface area contributed by atoms with Gasteiger partial charge in [0.2, 0.25) is 6.79 Å². The molecule has 1 aliphatic heterocycles. The Labute approximate surface area is 119 Å². The third kappa shape index (κ3) is 3.62. The van der Waals surface area contributed by atoms with Crippen LogP contribution in [0.5, 0.6) is 11.5 Å². The van der Waals surface area contributed by atoms with Gasteiger partial charge in [0.1, 0.15) is 6.04 Å². The predicted octanol–water partition coefficient (Wildman–Crippen LogP) is 0.463. The maximum Gasteiger partial charge on any atom is 0.326 e. The van der Waals surface area contributed by atoms with E-state index in [0.717, 1.165) is 0 Å². The summed E-state index contributed by atoms with van der Waals surface area (Å²) in [6.45, 7) is 0.0662. The molecule has 8 nitrogen and oxygen atoms in total. The first-order valence-corrected chi connectivity index (χ1v) is 6.12. The lowest BCUT2D eigenvalue weighted by Crippen LogP contribution is -2.41. The molecule has 2 rings (SSSR count). The molecule has 1 aromatic rings. The van der Waals surface area contributed by atoms with E-state index in [0.29, 0.717) is 11.5 Å². The molecule has 0 aromatic heterocycles. The zero-order chi connectivity index (χ0) is 15.4. The molecule has 0 radical (unpaired) electrons. The number of hydrogen-bond acceptors (Lipinski definition) is 5. The highest BCUT2D eigenvalue weighted by Gasteiger charge is 2.23. The van der Waals surface area contributed by atoms with Gasteiger partial charge in [0.25, 0.3) is 5.91 Å². The van der Waals surface area contributed by atoms with Crippen molar-refractivity contribution in [1.29, 1.82) is 0 Å². The van der Waals surface area contributed by atoms with Gasteiger partial charge in [-0.25, -0.2) is 4.79 Å². The van der Waals surface area contributed by atoms with Gasteiger partial charge < -0.3 is 25.0 Å². The molecule has 1 amide bonds. The zero-order valence-electron chi connectivity index (χ0n) is 10.9. The van der Waals surface area contributed by atoms with Crippen LogP contribution in [0.2, 0.25) is 0 Å². The number of carboxylic acids is 2. The molecule has 8 heteroatoms. The minimum Gasteiger partial charge on any atom is -0.481 e. The average Bonchev–Trinajstić information content (AvgIpc) is 2.89. The number of benzene rings is 1. The van der Waals surface area contributed by atoms with Crippen LogP contribution in [-0.2, 0) is 9.59 Å². The Morgan fingerprint density at radius 3 is 2.57 bits per heavy atom. The Kier molecular flexibility index (Phi) is 4.27. The quantitative estimate of drug-likeness (QED) is 0.697. The minimum absolute atomic E-state index is 0.0662. The van der Waals surface area contributed by atoms with E-state index >= 15 is 0 Å². The van der Waals surface area contributed by atoms with Gasteiger partial charge >= 0.3 is 11.9 Å². The van der Waals surface area contributed by atoms with Crippen LogP contribution in [-0.4, -0.2) is 40.9 Å². The first-order valence-electron chi connectivity index (χ1n) is 6.12. The van der Waals surface area contributed by atoms with Gasteiger partial charge in [-0.1, -0.05) is 0 Å². The highest BCUT2D eigenvalue weighted by atomic mass is 16.7. The molecule has 3 N–H and O–H groups in total. The summed E-state index contributed by atoms with van der Waals surface area (Å²) >= 11 is 0. The lowest BCUT2D eigenvalue weighted by molar-refractivity contribution is -0.140. The highest BCUT2D eigenvalue weighted by molar-refractivity contribution is 5.97. The summed E-state index contributed by atoms with van der Waals surface area (Å²) in [6.07, 6.45) is -0.542. The number of rotatable bonds is 6. The second kappa shape index (κ2) is 6.12. The summed E-state index contributed by atoms with van der Waals surface area (Å²) in [5.41, 5.74) is 0.209. The van der Waals surface area contributed by atoms with Crippen molar-refractivity contribution in [2.45, 2.75) is 18.9 Å². The van der Waals surface area contributed by atoms with Gasteiger partial charge in [-0.15, -0.1) is 0 Å². The van der Waals surface area contributed by atoms with Crippen LogP contribution in [0, 0.1) is 0 Å². The van der Waals surface area contributed by atoms with Crippen molar-refractivity contribution in [2.75, 3.05) is 6.79 Å². The van der Waals surface area contributed by atoms with Crippen molar-refractivity contribution in [1.82, 2.24) is 5.32 Å². The number of aliphatic carboxylic acids is 2. The van der Waals surface area contributed by atoms with Crippen LogP contribution in [0.1, 0.15) is 23.2 Å². The topological polar surface area (TPSA) is 122 Å². The van der Waals surface area contributed by atoms with E-state index in [9.17, 15) is 14.4 Å². The fourth-order valence-electron chi connectivity index (χ4n) is 1.80. The van der Waals surface area contributed by atoms with E-state index in [1.165, 1.54) is 12.1 Å². The number of carbonyl (C=O) groups excluding carboxylic acids is 1. The van der Waals surface area contributed by atoms with Gasteiger partial charge in [0, 0.05) is 12.0 Å². The molecule has 112 valence electrons. The molecule has 1 heterocycles. The fourth-order valence-corrected chi connectivity index (χ4v) is 1.80. The van der Waals surface area contributed by atoms with E-state index in [2.05, 4.69) is 5.32 Å². The minimum atomic E-state index is -1.29. The molecule has 0 aliphatic carbocycles. The molecule has 1 aromatic carbocycles. The molecule has 0 bridgehead atoms. The largest absolute Gasteiger partial charge is 0.481 e. The van der Waals surface area contributed by atoms with Gasteiger partial charge in [-0.2, -0.15) is 0 Å². The van der Waals surface area contributed by atoms with Crippen molar-refractivity contribution in [3.05, 3.63) is 23.8 Å². The Hall–Kier alpha value is -2.77. The van der Waals surface area contributed by atoms with Crippen LogP contribution in [0.3, 0.4) is 0 Å². The van der Waals surface area contributed by atoms with E-state index in [-0.39, 0.29) is 25.2 Å². The lowest BCUT2D eigenvalue weighted by Gasteiger charge is -2.13. The Morgan fingerprint density at radius 2 is 1.90 bits per heavy atom. The van der Waals surface area contributed by atoms with E-state index in [1.807, 2.05) is 0 Å². The van der Waals surface area contributed by atoms with Crippen molar-refractivity contribution < 1.29 is 34.1 Å². The van der Waals surface area contributed by atoms with Gasteiger partial charge in [0.15, 0.2) is 11.5 Å². The van der Waals surface area contributed by atoms with Crippen LogP contribution in [0.25, 0.3) is 0 Å². The van der Waals surface area contributed by atoms with Gasteiger partial charge in [-0.05, 0) is 24.6 Å². The third-order valence-corrected chi connectivity index (χ3v) is 2.89. The van der Waals surface area contributed by atoms with E-state index in [1.54, 1.807) is 6.07 Å². The summed E-state index contributed by atoms with van der Waals surface area (Å²) in [5, 5.41) is 19.8. The van der Waals surface area contributed by atoms with Crippen LogP contribution < -0.4 is 14.8 Å². The summed E-state index contributed by atoms with van der Waals surface area (Å²) in [6, 6.07) is 3.19. The number of ether oxygens (including phenoxy) is 2. The number of nitrogens with one attached hydrogen (secondary N) is 1. The lowest BCUT2D eigenvalue weighted by atomic mass is 10.1. The molecular formula is C13H13NO7. The molecule has 0 fully saturated rings. The van der Waals surface area contributed by atoms with Crippen LogP contribution >= 0.6 is 0 Å². The number of hydrogen-bond donors (Lipinski definition) is 3. The molecule has 1 aliphatic rings. The maximum absolute atomic E-state index is 12.0. The van der Waals surface area contributed by atoms with Crippen molar-refractivity contribution >= 4 is 17.8 Å². The summed E-state index contributed by atoms with van der Waals surface area (Å²) in [7, 11) is 0. The monoisotopic (exact) mass is 295 g/mol. The number of carboxylic acid groups (broad SMARTS) is 2. The predicted molar refractivity (Wildman–Crippen MR) is 68.3 cm³/mol. The molecule has 0 saturated carbocycles. The van der Waals surface area contributed by atoms with E-state index < -0.39 is 23.9 Å². The molecule has 1 atom stereocenters. The summed E-state index contributed by atoms with van der Waals surface area (Å²) < 4.78 is 10.2. The maximum atomic E-state index is 12.0. The SMILES string of the molecule is O=C(O)CC[C@H](NC(=O)c1ccc2c(c1)OCO2)C(=O)O. The van der Waals surface area contributed by atoms with Crippen molar-refractivity contribution in [2.24, 2.45) is 0 Å². The summed E-state index contributed by atoms with van der Waals surface area (Å²) in [4.78, 5) is 33.5. The molecule has 0 unspecified atom stereocenters. The molecule has 0 saturated heterocycles.